The standard InChI is InChI=1S/C22H33N5/c1-21(2,3)18-15-19(25-20(24-18)22(4,5)6)27-13-11-26(12-14-27)16-17-7-9-23-10-8-17/h7-10,15H,11-14,16H2,1-6H3. The van der Waals surface area contributed by atoms with Crippen molar-refractivity contribution in [2.45, 2.75) is 58.9 Å². The summed E-state index contributed by atoms with van der Waals surface area (Å²) in [7, 11) is 0. The molecule has 146 valence electrons. The van der Waals surface area contributed by atoms with Crippen molar-refractivity contribution in [3.05, 3.63) is 47.7 Å². The van der Waals surface area contributed by atoms with Gasteiger partial charge in [-0.15, -0.1) is 0 Å². The molecule has 0 saturated carbocycles. The Bertz CT molecular complexity index is 718. The molecule has 0 bridgehead atoms. The highest BCUT2D eigenvalue weighted by molar-refractivity contribution is 5.42. The second-order valence-electron chi connectivity index (χ2n) is 9.55. The maximum Gasteiger partial charge on any atom is 0.136 e. The van der Waals surface area contributed by atoms with E-state index in [1.54, 1.807) is 0 Å². The first-order chi connectivity index (χ1) is 12.6. The minimum absolute atomic E-state index is 0.0147. The van der Waals surface area contributed by atoms with Crippen molar-refractivity contribution in [2.24, 2.45) is 0 Å². The van der Waals surface area contributed by atoms with E-state index in [9.17, 15) is 0 Å². The van der Waals surface area contributed by atoms with Crippen LogP contribution in [0.25, 0.3) is 0 Å². The fourth-order valence-corrected chi connectivity index (χ4v) is 3.20. The number of nitrogens with zero attached hydrogens (tertiary/aromatic N) is 5. The van der Waals surface area contributed by atoms with Crippen LogP contribution in [0.15, 0.2) is 30.6 Å². The Morgan fingerprint density at radius 1 is 0.852 bits per heavy atom. The first-order valence-corrected chi connectivity index (χ1v) is 9.89. The van der Waals surface area contributed by atoms with Gasteiger partial charge in [-0.2, -0.15) is 0 Å². The molecule has 2 aromatic rings. The van der Waals surface area contributed by atoms with Gasteiger partial charge in [0.15, 0.2) is 0 Å². The lowest BCUT2D eigenvalue weighted by atomic mass is 9.90. The zero-order chi connectivity index (χ0) is 19.7. The van der Waals surface area contributed by atoms with Gasteiger partial charge in [0, 0.05) is 62.0 Å². The second-order valence-corrected chi connectivity index (χ2v) is 9.55. The van der Waals surface area contributed by atoms with Crippen LogP contribution in [0.1, 0.15) is 58.6 Å². The van der Waals surface area contributed by atoms with E-state index in [4.69, 9.17) is 9.97 Å². The van der Waals surface area contributed by atoms with E-state index < -0.39 is 0 Å². The molecular formula is C22H33N5. The highest BCUT2D eigenvalue weighted by Crippen LogP contribution is 2.28. The van der Waals surface area contributed by atoms with Crippen molar-refractivity contribution >= 4 is 5.82 Å². The summed E-state index contributed by atoms with van der Waals surface area (Å²) in [6.45, 7) is 18.3. The van der Waals surface area contributed by atoms with Gasteiger partial charge in [-0.1, -0.05) is 41.5 Å². The number of hydrogen-bond acceptors (Lipinski definition) is 5. The molecule has 0 atom stereocenters. The van der Waals surface area contributed by atoms with Gasteiger partial charge in [-0.05, 0) is 17.7 Å². The Labute approximate surface area is 163 Å². The number of rotatable bonds is 3. The third kappa shape index (κ3) is 5.04. The Morgan fingerprint density at radius 3 is 2.04 bits per heavy atom. The van der Waals surface area contributed by atoms with Crippen LogP contribution < -0.4 is 4.90 Å². The lowest BCUT2D eigenvalue weighted by Gasteiger charge is -2.36. The Morgan fingerprint density at radius 2 is 1.48 bits per heavy atom. The third-order valence-electron chi connectivity index (χ3n) is 5.00. The van der Waals surface area contributed by atoms with Gasteiger partial charge in [-0.3, -0.25) is 9.88 Å². The largest absolute Gasteiger partial charge is 0.354 e. The quantitative estimate of drug-likeness (QED) is 0.826. The number of piperazine rings is 1. The molecule has 1 aliphatic rings. The van der Waals surface area contributed by atoms with Gasteiger partial charge < -0.3 is 4.90 Å². The van der Waals surface area contributed by atoms with Crippen molar-refractivity contribution in [3.63, 3.8) is 0 Å². The smallest absolute Gasteiger partial charge is 0.136 e. The van der Waals surface area contributed by atoms with Gasteiger partial charge in [0.05, 0.1) is 5.69 Å². The van der Waals surface area contributed by atoms with Gasteiger partial charge in [0.25, 0.3) is 0 Å². The van der Waals surface area contributed by atoms with Crippen molar-refractivity contribution < 1.29 is 0 Å². The van der Waals surface area contributed by atoms with Crippen molar-refractivity contribution in [1.82, 2.24) is 19.9 Å². The molecule has 3 rings (SSSR count). The molecule has 0 aliphatic carbocycles. The summed E-state index contributed by atoms with van der Waals surface area (Å²) in [4.78, 5) is 18.8. The summed E-state index contributed by atoms with van der Waals surface area (Å²) in [5.74, 6) is 2.01. The molecule has 0 unspecified atom stereocenters. The first-order valence-electron chi connectivity index (χ1n) is 9.89. The normalized spacial score (nSPS) is 16.6. The molecule has 0 radical (unpaired) electrons. The summed E-state index contributed by atoms with van der Waals surface area (Å²) < 4.78 is 0. The summed E-state index contributed by atoms with van der Waals surface area (Å²) in [5.41, 5.74) is 2.40. The molecule has 2 aromatic heterocycles. The van der Waals surface area contributed by atoms with Gasteiger partial charge in [0.1, 0.15) is 11.6 Å². The molecule has 5 heteroatoms. The molecule has 3 heterocycles. The predicted octanol–water partition coefficient (Wildman–Crippen LogP) is 3.79. The average Bonchev–Trinajstić information content (AvgIpc) is 2.61. The number of aromatic nitrogens is 3. The summed E-state index contributed by atoms with van der Waals surface area (Å²) in [5, 5.41) is 0. The Kier molecular flexibility index (Phi) is 5.52. The van der Waals surface area contributed by atoms with Crippen LogP contribution >= 0.6 is 0 Å². The first kappa shape index (κ1) is 19.7. The molecule has 0 N–H and O–H groups in total. The van der Waals surface area contributed by atoms with E-state index in [2.05, 4.69) is 74.5 Å². The topological polar surface area (TPSA) is 45.2 Å². The van der Waals surface area contributed by atoms with Crippen LogP contribution in [-0.2, 0) is 17.4 Å². The number of pyridine rings is 1. The van der Waals surface area contributed by atoms with Crippen LogP contribution in [0, 0.1) is 0 Å². The third-order valence-corrected chi connectivity index (χ3v) is 5.00. The van der Waals surface area contributed by atoms with Crippen LogP contribution in [0.5, 0.6) is 0 Å². The molecular weight excluding hydrogens is 334 g/mol. The molecule has 1 aliphatic heterocycles. The number of hydrogen-bond donors (Lipinski definition) is 0. The zero-order valence-corrected chi connectivity index (χ0v) is 17.7. The number of anilines is 1. The molecule has 27 heavy (non-hydrogen) atoms. The molecule has 5 nitrogen and oxygen atoms in total. The van der Waals surface area contributed by atoms with Crippen molar-refractivity contribution in [3.8, 4) is 0 Å². The Hall–Kier alpha value is -2.01. The SMILES string of the molecule is CC(C)(C)c1cc(N2CCN(Cc3ccncc3)CC2)nc(C(C)(C)C)n1. The lowest BCUT2D eigenvalue weighted by Crippen LogP contribution is -2.46. The second kappa shape index (κ2) is 7.55. The minimum atomic E-state index is -0.0564. The summed E-state index contributed by atoms with van der Waals surface area (Å²) in [6.07, 6.45) is 3.74. The summed E-state index contributed by atoms with van der Waals surface area (Å²) in [6, 6.07) is 6.39. The molecule has 0 spiro atoms. The van der Waals surface area contributed by atoms with Gasteiger partial charge >= 0.3 is 0 Å². The molecule has 1 fully saturated rings. The van der Waals surface area contributed by atoms with Crippen molar-refractivity contribution in [1.29, 1.82) is 0 Å². The minimum Gasteiger partial charge on any atom is -0.354 e. The highest BCUT2D eigenvalue weighted by atomic mass is 15.3. The summed E-state index contributed by atoms with van der Waals surface area (Å²) >= 11 is 0. The van der Waals surface area contributed by atoms with Gasteiger partial charge in [-0.25, -0.2) is 9.97 Å². The molecule has 1 saturated heterocycles. The van der Waals surface area contributed by atoms with Crippen LogP contribution in [-0.4, -0.2) is 46.0 Å². The van der Waals surface area contributed by atoms with Crippen LogP contribution in [0.2, 0.25) is 0 Å². The van der Waals surface area contributed by atoms with E-state index in [0.29, 0.717) is 0 Å². The van der Waals surface area contributed by atoms with Crippen LogP contribution in [0.3, 0.4) is 0 Å². The zero-order valence-electron chi connectivity index (χ0n) is 17.7. The predicted molar refractivity (Wildman–Crippen MR) is 111 cm³/mol. The lowest BCUT2D eigenvalue weighted by molar-refractivity contribution is 0.249. The van der Waals surface area contributed by atoms with E-state index in [0.717, 1.165) is 50.1 Å². The maximum atomic E-state index is 4.94. The van der Waals surface area contributed by atoms with E-state index in [-0.39, 0.29) is 10.8 Å². The monoisotopic (exact) mass is 367 g/mol. The highest BCUT2D eigenvalue weighted by Gasteiger charge is 2.26. The van der Waals surface area contributed by atoms with Crippen LogP contribution in [0.4, 0.5) is 5.82 Å². The van der Waals surface area contributed by atoms with Gasteiger partial charge in [0.2, 0.25) is 0 Å². The average molecular weight is 368 g/mol. The van der Waals surface area contributed by atoms with E-state index in [1.807, 2.05) is 12.4 Å². The maximum absolute atomic E-state index is 4.94. The fraction of sp³-hybridized carbons (Fsp3) is 0.591. The van der Waals surface area contributed by atoms with E-state index >= 15 is 0 Å². The fourth-order valence-electron chi connectivity index (χ4n) is 3.20. The van der Waals surface area contributed by atoms with E-state index in [1.165, 1.54) is 5.56 Å². The van der Waals surface area contributed by atoms with Crippen molar-refractivity contribution in [2.75, 3.05) is 31.1 Å². The molecule has 0 aromatic carbocycles. The Balaban J connectivity index is 1.75. The molecule has 0 amide bonds.